The highest BCUT2D eigenvalue weighted by Crippen LogP contribution is 2.32. The van der Waals surface area contributed by atoms with Crippen molar-refractivity contribution in [3.63, 3.8) is 0 Å². The number of hydrogen-bond acceptors (Lipinski definition) is 5. The van der Waals surface area contributed by atoms with Crippen LogP contribution in [0.2, 0.25) is 0 Å². The molecule has 1 aliphatic rings. The van der Waals surface area contributed by atoms with Crippen molar-refractivity contribution in [1.29, 1.82) is 0 Å². The molecule has 1 aliphatic heterocycles. The molecular weight excluding hydrogens is 561 g/mol. The minimum Gasteiger partial charge on any atom is -0.365 e. The number of carbonyl (C=O) groups is 2. The van der Waals surface area contributed by atoms with Crippen LogP contribution in [0.3, 0.4) is 0 Å². The van der Waals surface area contributed by atoms with Gasteiger partial charge in [0.25, 0.3) is 5.91 Å². The van der Waals surface area contributed by atoms with Gasteiger partial charge in [0.05, 0.1) is 0 Å². The highest BCUT2D eigenvalue weighted by atomic mass is 19.4. The molecule has 2 aromatic heterocycles. The minimum absolute atomic E-state index is 0.0421. The second-order valence-corrected chi connectivity index (χ2v) is 9.71. The van der Waals surface area contributed by atoms with Gasteiger partial charge in [-0.25, -0.2) is 18.6 Å². The molecule has 1 unspecified atom stereocenters. The van der Waals surface area contributed by atoms with Crippen molar-refractivity contribution < 1.29 is 31.5 Å². The Hall–Kier alpha value is -5.01. The molecule has 0 saturated carbocycles. The summed E-state index contributed by atoms with van der Waals surface area (Å²) in [5, 5.41) is 12.1. The molecule has 1 fully saturated rings. The van der Waals surface area contributed by atoms with Crippen LogP contribution in [-0.4, -0.2) is 45.1 Å². The topological polar surface area (TPSA) is 129 Å². The van der Waals surface area contributed by atoms with E-state index in [0.29, 0.717) is 42.7 Å². The van der Waals surface area contributed by atoms with Crippen LogP contribution >= 0.6 is 0 Å². The third-order valence-corrected chi connectivity index (χ3v) is 6.78. The number of nitrogens with zero attached hydrogens (tertiary/aromatic N) is 3. The Bertz CT molecular complexity index is 1600. The van der Waals surface area contributed by atoms with Crippen LogP contribution in [0, 0.1) is 11.6 Å². The number of pyridine rings is 1. The van der Waals surface area contributed by atoms with Gasteiger partial charge in [-0.05, 0) is 54.8 Å². The van der Waals surface area contributed by atoms with E-state index < -0.39 is 29.4 Å². The van der Waals surface area contributed by atoms with E-state index in [9.17, 15) is 31.5 Å². The van der Waals surface area contributed by atoms with Gasteiger partial charge in [-0.15, -0.1) is 0 Å². The van der Waals surface area contributed by atoms with E-state index in [-0.39, 0.29) is 34.8 Å². The summed E-state index contributed by atoms with van der Waals surface area (Å²) in [6, 6.07) is 12.6. The van der Waals surface area contributed by atoms with Gasteiger partial charge in [0.15, 0.2) is 0 Å². The molecule has 42 heavy (non-hydrogen) atoms. The molecule has 14 heteroatoms. The van der Waals surface area contributed by atoms with E-state index in [4.69, 9.17) is 5.73 Å². The number of aromatic nitrogens is 3. The second kappa shape index (κ2) is 11.5. The van der Waals surface area contributed by atoms with Crippen LogP contribution in [0.5, 0.6) is 0 Å². The predicted octanol–water partition coefficient (Wildman–Crippen LogP) is 6.02. The van der Waals surface area contributed by atoms with Crippen LogP contribution < -0.4 is 16.4 Å². The van der Waals surface area contributed by atoms with Gasteiger partial charge in [-0.3, -0.25) is 9.89 Å². The van der Waals surface area contributed by atoms with Crippen LogP contribution in [0.1, 0.15) is 40.4 Å². The van der Waals surface area contributed by atoms with E-state index in [1.165, 1.54) is 18.2 Å². The highest BCUT2D eigenvalue weighted by Gasteiger charge is 2.32. The van der Waals surface area contributed by atoms with E-state index >= 15 is 0 Å². The molecule has 5 rings (SSSR count). The van der Waals surface area contributed by atoms with Crippen LogP contribution in [0.25, 0.3) is 11.3 Å². The zero-order chi connectivity index (χ0) is 30.0. The molecule has 9 nitrogen and oxygen atoms in total. The number of H-pyrrole nitrogens is 1. The Balaban J connectivity index is 1.28. The summed E-state index contributed by atoms with van der Waals surface area (Å²) in [5.74, 6) is -2.65. The number of alkyl halides is 3. The molecule has 218 valence electrons. The number of piperidine rings is 1. The summed E-state index contributed by atoms with van der Waals surface area (Å²) >= 11 is 0. The smallest absolute Gasteiger partial charge is 0.365 e. The number of urea groups is 1. The van der Waals surface area contributed by atoms with Crippen molar-refractivity contribution in [2.24, 2.45) is 5.73 Å². The summed E-state index contributed by atoms with van der Waals surface area (Å²) in [7, 11) is 0. The van der Waals surface area contributed by atoms with Crippen molar-refractivity contribution >= 4 is 29.3 Å². The van der Waals surface area contributed by atoms with Gasteiger partial charge >= 0.3 is 12.2 Å². The Labute approximate surface area is 235 Å². The average Bonchev–Trinajstić information content (AvgIpc) is 3.36. The van der Waals surface area contributed by atoms with E-state index in [0.717, 1.165) is 18.2 Å². The van der Waals surface area contributed by atoms with Crippen LogP contribution in [-0.2, 0) is 6.18 Å². The predicted molar refractivity (Wildman–Crippen MR) is 144 cm³/mol. The highest BCUT2D eigenvalue weighted by molar-refractivity contribution is 6.04. The first-order chi connectivity index (χ1) is 20.0. The minimum atomic E-state index is -4.66. The second-order valence-electron chi connectivity index (χ2n) is 9.71. The van der Waals surface area contributed by atoms with E-state index in [1.807, 2.05) is 0 Å². The maximum Gasteiger partial charge on any atom is 0.433 e. The fourth-order valence-electron chi connectivity index (χ4n) is 4.83. The lowest BCUT2D eigenvalue weighted by molar-refractivity contribution is -0.141. The number of rotatable bonds is 6. The van der Waals surface area contributed by atoms with Crippen molar-refractivity contribution in [2.75, 3.05) is 23.7 Å². The first kappa shape index (κ1) is 28.5. The zero-order valence-corrected chi connectivity index (χ0v) is 21.8. The van der Waals surface area contributed by atoms with Gasteiger partial charge in [0.1, 0.15) is 40.2 Å². The lowest BCUT2D eigenvalue weighted by Crippen LogP contribution is -2.41. The SMILES string of the molecule is NC(=O)c1c(-c2ccc(NC(=O)N3CCCC(c4cc(F)cc(F)c4)C3)cc2)n[nH]c1Nc1cccc(C(F)(F)F)n1. The van der Waals surface area contributed by atoms with Gasteiger partial charge in [-0.1, -0.05) is 18.2 Å². The number of amides is 3. The Morgan fingerprint density at radius 3 is 2.40 bits per heavy atom. The number of primary amides is 1. The number of halogens is 5. The third kappa shape index (κ3) is 6.32. The number of nitrogens with one attached hydrogen (secondary N) is 3. The summed E-state index contributed by atoms with van der Waals surface area (Å²) in [5.41, 5.74) is 5.85. The van der Waals surface area contributed by atoms with Crippen molar-refractivity contribution in [3.8, 4) is 11.3 Å². The standard InChI is InChI=1S/C28H24F5N7O2/c29-18-11-17(12-19(30)13-18)16-3-2-10-40(14-16)27(42)35-20-8-6-15(7-9-20)24-23(25(34)41)26(39-38-24)37-22-5-1-4-21(36-22)28(31,32)33/h1,4-9,11-13,16H,2-3,10,14H2,(H2,34,41)(H,35,42)(H2,36,37,38,39). The largest absolute Gasteiger partial charge is 0.433 e. The Morgan fingerprint density at radius 1 is 1.02 bits per heavy atom. The number of hydrogen-bond donors (Lipinski definition) is 4. The van der Waals surface area contributed by atoms with Crippen molar-refractivity contribution in [1.82, 2.24) is 20.1 Å². The molecule has 0 radical (unpaired) electrons. The van der Waals surface area contributed by atoms with Gasteiger partial charge in [0.2, 0.25) is 0 Å². The molecule has 4 aromatic rings. The van der Waals surface area contributed by atoms with E-state index in [1.54, 1.807) is 29.2 Å². The van der Waals surface area contributed by atoms with Crippen LogP contribution in [0.4, 0.5) is 44.1 Å². The normalized spacial score (nSPS) is 15.4. The molecular formula is C28H24F5N7O2. The Kier molecular flexibility index (Phi) is 7.79. The first-order valence-electron chi connectivity index (χ1n) is 12.8. The molecule has 0 bridgehead atoms. The lowest BCUT2D eigenvalue weighted by atomic mass is 9.90. The van der Waals surface area contributed by atoms with Crippen LogP contribution in [0.15, 0.2) is 60.7 Å². The number of anilines is 3. The zero-order valence-electron chi connectivity index (χ0n) is 21.8. The summed E-state index contributed by atoms with van der Waals surface area (Å²) in [6.45, 7) is 0.766. The third-order valence-electron chi connectivity index (χ3n) is 6.78. The first-order valence-corrected chi connectivity index (χ1v) is 12.8. The van der Waals surface area contributed by atoms with Gasteiger partial charge in [0, 0.05) is 36.3 Å². The summed E-state index contributed by atoms with van der Waals surface area (Å²) in [4.78, 5) is 30.3. The molecule has 0 spiro atoms. The molecule has 3 heterocycles. The summed E-state index contributed by atoms with van der Waals surface area (Å²) in [6.07, 6.45) is -3.30. The fourth-order valence-corrected chi connectivity index (χ4v) is 4.83. The quantitative estimate of drug-likeness (QED) is 0.206. The van der Waals surface area contributed by atoms with Crippen molar-refractivity contribution in [3.05, 3.63) is 89.1 Å². The monoisotopic (exact) mass is 585 g/mol. The van der Waals surface area contributed by atoms with Gasteiger partial charge < -0.3 is 21.3 Å². The number of carbonyl (C=O) groups excluding carboxylic acids is 2. The molecule has 0 aliphatic carbocycles. The van der Waals surface area contributed by atoms with Gasteiger partial charge in [-0.2, -0.15) is 18.3 Å². The Morgan fingerprint density at radius 2 is 1.74 bits per heavy atom. The lowest BCUT2D eigenvalue weighted by Gasteiger charge is -2.33. The molecule has 1 saturated heterocycles. The maximum absolute atomic E-state index is 13.7. The summed E-state index contributed by atoms with van der Waals surface area (Å²) < 4.78 is 66.5. The number of nitrogens with two attached hydrogens (primary N) is 1. The number of benzene rings is 2. The van der Waals surface area contributed by atoms with Crippen molar-refractivity contribution in [2.45, 2.75) is 24.9 Å². The number of aromatic amines is 1. The molecule has 1 atom stereocenters. The fraction of sp³-hybridized carbons (Fsp3) is 0.214. The molecule has 3 amide bonds. The number of likely N-dealkylation sites (tertiary alicyclic amines) is 1. The molecule has 2 aromatic carbocycles. The average molecular weight is 586 g/mol. The van der Waals surface area contributed by atoms with E-state index in [2.05, 4.69) is 25.8 Å². The maximum atomic E-state index is 13.7. The molecule has 5 N–H and O–H groups in total.